The van der Waals surface area contributed by atoms with Crippen LogP contribution >= 0.6 is 27.7 Å². The highest BCUT2D eigenvalue weighted by Crippen LogP contribution is 2.34. The van der Waals surface area contributed by atoms with E-state index in [-0.39, 0.29) is 11.7 Å². The molecule has 3 aromatic rings. The van der Waals surface area contributed by atoms with Crippen molar-refractivity contribution in [3.8, 4) is 11.5 Å². The summed E-state index contributed by atoms with van der Waals surface area (Å²) in [7, 11) is 1.93. The first-order valence-electron chi connectivity index (χ1n) is 8.24. The third-order valence-corrected chi connectivity index (χ3v) is 5.62. The molecular formula is C18H17BrN4OS. The maximum Gasteiger partial charge on any atom is 0.167 e. The predicted octanol–water partition coefficient (Wildman–Crippen LogP) is 4.50. The molecule has 128 valence electrons. The molecule has 0 bridgehead atoms. The van der Waals surface area contributed by atoms with E-state index in [1.807, 2.05) is 17.7 Å². The van der Waals surface area contributed by atoms with Gasteiger partial charge in [0.1, 0.15) is 11.2 Å². The largest absolute Gasteiger partial charge is 0.310 e. The summed E-state index contributed by atoms with van der Waals surface area (Å²) >= 11 is 5.21. The van der Waals surface area contributed by atoms with Crippen molar-refractivity contribution in [3.63, 3.8) is 0 Å². The second-order valence-electron chi connectivity index (χ2n) is 6.13. The molecule has 3 heterocycles. The molecule has 7 heteroatoms. The third-order valence-electron chi connectivity index (χ3n) is 4.27. The van der Waals surface area contributed by atoms with Gasteiger partial charge in [0.2, 0.25) is 0 Å². The van der Waals surface area contributed by atoms with Gasteiger partial charge in [-0.05, 0) is 46.7 Å². The molecule has 0 aromatic carbocycles. The summed E-state index contributed by atoms with van der Waals surface area (Å²) in [6.45, 7) is 2.11. The number of aryl methyl sites for hydroxylation is 1. The number of thioether (sulfide) groups is 1. The van der Waals surface area contributed by atoms with Gasteiger partial charge in [0.25, 0.3) is 0 Å². The van der Waals surface area contributed by atoms with Crippen molar-refractivity contribution in [2.24, 2.45) is 13.0 Å². The molecule has 3 aromatic heterocycles. The van der Waals surface area contributed by atoms with Crippen LogP contribution in [0.25, 0.3) is 22.7 Å². The maximum absolute atomic E-state index is 12.3. The first-order chi connectivity index (χ1) is 12.1. The molecule has 0 amide bonds. The van der Waals surface area contributed by atoms with Crippen molar-refractivity contribution in [2.45, 2.75) is 24.7 Å². The van der Waals surface area contributed by atoms with Gasteiger partial charge < -0.3 is 4.57 Å². The zero-order chi connectivity index (χ0) is 17.6. The average molecular weight is 417 g/mol. The van der Waals surface area contributed by atoms with E-state index < -0.39 is 0 Å². The van der Waals surface area contributed by atoms with Gasteiger partial charge in [0, 0.05) is 40.3 Å². The van der Waals surface area contributed by atoms with E-state index in [0.717, 1.165) is 50.6 Å². The summed E-state index contributed by atoms with van der Waals surface area (Å²) < 4.78 is 2.89. The number of rotatable bonds is 5. The number of carbonyl (C=O) groups is 1. The Bertz CT molecular complexity index is 981. The van der Waals surface area contributed by atoms with Crippen LogP contribution in [-0.4, -0.2) is 31.1 Å². The molecule has 4 rings (SSSR count). The molecule has 1 aliphatic rings. The van der Waals surface area contributed by atoms with Crippen LogP contribution in [0.3, 0.4) is 0 Å². The molecule has 25 heavy (non-hydrogen) atoms. The van der Waals surface area contributed by atoms with Crippen LogP contribution < -0.4 is 0 Å². The molecule has 0 saturated heterocycles. The smallest absolute Gasteiger partial charge is 0.167 e. The van der Waals surface area contributed by atoms with E-state index in [0.29, 0.717) is 5.56 Å². The van der Waals surface area contributed by atoms with Gasteiger partial charge in [0.05, 0.1) is 0 Å². The summed E-state index contributed by atoms with van der Waals surface area (Å²) in [4.78, 5) is 27.2. The van der Waals surface area contributed by atoms with Crippen molar-refractivity contribution >= 4 is 44.6 Å². The third kappa shape index (κ3) is 3.11. The minimum absolute atomic E-state index is 0.183. The Morgan fingerprint density at radius 3 is 2.84 bits per heavy atom. The second kappa shape index (κ2) is 6.53. The number of hydrogen-bond donors (Lipinski definition) is 0. The lowest BCUT2D eigenvalue weighted by Gasteiger charge is -2.07. The number of aromatic nitrogens is 4. The Balaban J connectivity index is 1.83. The monoisotopic (exact) mass is 416 g/mol. The molecule has 1 aliphatic carbocycles. The molecule has 0 atom stereocenters. The number of carbonyl (C=O) groups excluding carboxylic acids is 1. The van der Waals surface area contributed by atoms with Crippen LogP contribution in [0.5, 0.6) is 0 Å². The fourth-order valence-electron chi connectivity index (χ4n) is 2.86. The Morgan fingerprint density at radius 1 is 1.32 bits per heavy atom. The minimum Gasteiger partial charge on any atom is -0.310 e. The van der Waals surface area contributed by atoms with Crippen molar-refractivity contribution in [1.82, 2.24) is 19.5 Å². The predicted molar refractivity (Wildman–Crippen MR) is 103 cm³/mol. The fourth-order valence-corrected chi connectivity index (χ4v) is 4.14. The van der Waals surface area contributed by atoms with Crippen LogP contribution in [0.2, 0.25) is 0 Å². The number of halogens is 1. The molecule has 1 saturated carbocycles. The number of hydrogen-bond acceptors (Lipinski definition) is 5. The van der Waals surface area contributed by atoms with Gasteiger partial charge in [-0.3, -0.25) is 9.78 Å². The van der Waals surface area contributed by atoms with E-state index in [4.69, 9.17) is 4.98 Å². The van der Waals surface area contributed by atoms with Gasteiger partial charge in [-0.2, -0.15) is 0 Å². The van der Waals surface area contributed by atoms with Crippen LogP contribution in [0, 0.1) is 5.92 Å². The number of pyridine rings is 2. The van der Waals surface area contributed by atoms with Crippen molar-refractivity contribution in [2.75, 3.05) is 5.75 Å². The molecule has 0 N–H and O–H groups in total. The molecule has 0 unspecified atom stereocenters. The number of Topliss-reactive ketones (excluding diaryl/α,β-unsaturated/α-hetero) is 1. The number of ketones is 1. The highest BCUT2D eigenvalue weighted by Gasteiger charge is 2.31. The van der Waals surface area contributed by atoms with Gasteiger partial charge in [-0.25, -0.2) is 9.97 Å². The normalized spacial score (nSPS) is 14.2. The summed E-state index contributed by atoms with van der Waals surface area (Å²) in [6.07, 6.45) is 5.44. The van der Waals surface area contributed by atoms with Gasteiger partial charge in [0.15, 0.2) is 17.3 Å². The summed E-state index contributed by atoms with van der Waals surface area (Å²) in [5.74, 6) is 2.09. The minimum atomic E-state index is 0.183. The van der Waals surface area contributed by atoms with Crippen LogP contribution in [-0.2, 0) is 7.05 Å². The van der Waals surface area contributed by atoms with Crippen molar-refractivity contribution in [3.05, 3.63) is 34.6 Å². The highest BCUT2D eigenvalue weighted by atomic mass is 79.9. The standard InChI is InChI=1S/C18H17BrN4OS/c1-3-25-14-7-12(19)9-20-15(14)18-22-13-6-11(16(24)10-4-5-10)8-21-17(13)23(18)2/h6-10H,3-5H2,1-2H3. The SMILES string of the molecule is CCSc1cc(Br)cnc1-c1nc2cc(C(=O)C3CC3)cnc2n1C. The van der Waals surface area contributed by atoms with Crippen LogP contribution in [0.1, 0.15) is 30.1 Å². The fraction of sp³-hybridized carbons (Fsp3) is 0.333. The molecule has 1 fully saturated rings. The lowest BCUT2D eigenvalue weighted by molar-refractivity contribution is 0.0967. The van der Waals surface area contributed by atoms with Crippen LogP contribution in [0.4, 0.5) is 0 Å². The summed E-state index contributed by atoms with van der Waals surface area (Å²) in [5, 5.41) is 0. The van der Waals surface area contributed by atoms with E-state index in [9.17, 15) is 4.79 Å². The van der Waals surface area contributed by atoms with Crippen molar-refractivity contribution in [1.29, 1.82) is 0 Å². The molecule has 0 spiro atoms. The van der Waals surface area contributed by atoms with E-state index in [2.05, 4.69) is 38.9 Å². The Kier molecular flexibility index (Phi) is 4.37. The summed E-state index contributed by atoms with van der Waals surface area (Å²) in [5.41, 5.74) is 3.00. The van der Waals surface area contributed by atoms with Gasteiger partial charge in [-0.1, -0.05) is 6.92 Å². The Hall–Kier alpha value is -1.73. The summed E-state index contributed by atoms with van der Waals surface area (Å²) in [6, 6.07) is 3.92. The zero-order valence-electron chi connectivity index (χ0n) is 14.0. The van der Waals surface area contributed by atoms with Crippen molar-refractivity contribution < 1.29 is 4.79 Å². The molecule has 5 nitrogen and oxygen atoms in total. The van der Waals surface area contributed by atoms with E-state index >= 15 is 0 Å². The lowest BCUT2D eigenvalue weighted by atomic mass is 10.1. The topological polar surface area (TPSA) is 60.7 Å². The van der Waals surface area contributed by atoms with Gasteiger partial charge >= 0.3 is 0 Å². The van der Waals surface area contributed by atoms with E-state index in [1.54, 1.807) is 24.2 Å². The first-order valence-corrected chi connectivity index (χ1v) is 10.0. The van der Waals surface area contributed by atoms with Crippen LogP contribution in [0.15, 0.2) is 33.9 Å². The molecule has 0 radical (unpaired) electrons. The Morgan fingerprint density at radius 2 is 2.12 bits per heavy atom. The molecular weight excluding hydrogens is 400 g/mol. The van der Waals surface area contributed by atoms with E-state index in [1.165, 1.54) is 0 Å². The quantitative estimate of drug-likeness (QED) is 0.452. The Labute approximate surface area is 158 Å². The van der Waals surface area contributed by atoms with Gasteiger partial charge in [-0.15, -0.1) is 11.8 Å². The number of imidazole rings is 1. The highest BCUT2D eigenvalue weighted by molar-refractivity contribution is 9.10. The average Bonchev–Trinajstić information content (AvgIpc) is 3.40. The number of fused-ring (bicyclic) bond motifs is 1. The first kappa shape index (κ1) is 16.7. The zero-order valence-corrected chi connectivity index (χ0v) is 16.4. The second-order valence-corrected chi connectivity index (χ2v) is 8.35. The molecule has 0 aliphatic heterocycles. The number of nitrogens with zero attached hydrogens (tertiary/aromatic N) is 4. The lowest BCUT2D eigenvalue weighted by Crippen LogP contribution is -2.02. The maximum atomic E-state index is 12.3.